The monoisotopic (exact) mass is 279 g/mol. The van der Waals surface area contributed by atoms with Gasteiger partial charge in [0.25, 0.3) is 0 Å². The summed E-state index contributed by atoms with van der Waals surface area (Å²) >= 11 is 0. The normalized spacial score (nSPS) is 10.5. The van der Waals surface area contributed by atoms with Crippen molar-refractivity contribution in [1.82, 2.24) is 4.98 Å². The Hall–Kier alpha value is -2.88. The lowest BCUT2D eigenvalue weighted by molar-refractivity contribution is 0.0694. The van der Waals surface area contributed by atoms with Gasteiger partial charge in [0.2, 0.25) is 5.88 Å². The van der Waals surface area contributed by atoms with Crippen LogP contribution in [0.3, 0.4) is 0 Å². The van der Waals surface area contributed by atoms with Gasteiger partial charge in [-0.2, -0.15) is 0 Å². The maximum absolute atomic E-state index is 11.3. The van der Waals surface area contributed by atoms with Gasteiger partial charge in [-0.05, 0) is 30.7 Å². The van der Waals surface area contributed by atoms with Crippen LogP contribution in [0.25, 0.3) is 10.9 Å². The molecule has 0 bridgehead atoms. The number of para-hydroxylation sites is 2. The van der Waals surface area contributed by atoms with Crippen molar-refractivity contribution in [1.29, 1.82) is 0 Å². The number of aryl methyl sites for hydroxylation is 1. The van der Waals surface area contributed by atoms with Crippen molar-refractivity contribution in [2.24, 2.45) is 0 Å². The maximum Gasteiger partial charge on any atom is 0.339 e. The Labute approximate surface area is 121 Å². The number of aromatic nitrogens is 1. The molecule has 0 amide bonds. The Kier molecular flexibility index (Phi) is 3.28. The van der Waals surface area contributed by atoms with Crippen LogP contribution in [0.15, 0.2) is 54.6 Å². The number of hydrogen-bond donors (Lipinski definition) is 1. The molecule has 0 aliphatic heterocycles. The predicted molar refractivity (Wildman–Crippen MR) is 80.0 cm³/mol. The first-order valence-corrected chi connectivity index (χ1v) is 6.52. The predicted octanol–water partition coefficient (Wildman–Crippen LogP) is 4.03. The number of carbonyl (C=O) groups is 1. The molecule has 2 aromatic carbocycles. The number of ether oxygens (including phenoxy) is 1. The summed E-state index contributed by atoms with van der Waals surface area (Å²) < 4.78 is 5.72. The molecular weight excluding hydrogens is 266 g/mol. The Bertz CT molecular complexity index is 827. The molecule has 0 spiro atoms. The fraction of sp³-hybridized carbons (Fsp3) is 0.0588. The summed E-state index contributed by atoms with van der Waals surface area (Å²) in [6, 6.07) is 16.3. The summed E-state index contributed by atoms with van der Waals surface area (Å²) in [7, 11) is 0. The van der Waals surface area contributed by atoms with Gasteiger partial charge in [-0.3, -0.25) is 0 Å². The van der Waals surface area contributed by atoms with E-state index in [-0.39, 0.29) is 5.56 Å². The standard InChI is InChI=1S/C17H13NO3/c1-11-5-4-7-13(17(19)20)16(11)21-15-10-9-12-6-2-3-8-14(12)18-15/h2-10H,1H3,(H,19,20). The van der Waals surface area contributed by atoms with Crippen molar-refractivity contribution >= 4 is 16.9 Å². The van der Waals surface area contributed by atoms with E-state index in [9.17, 15) is 9.90 Å². The smallest absolute Gasteiger partial charge is 0.339 e. The van der Waals surface area contributed by atoms with Crippen LogP contribution in [0, 0.1) is 6.92 Å². The fourth-order valence-electron chi connectivity index (χ4n) is 2.17. The third kappa shape index (κ3) is 2.56. The van der Waals surface area contributed by atoms with Crippen LogP contribution in [0.2, 0.25) is 0 Å². The van der Waals surface area contributed by atoms with Crippen LogP contribution in [0.5, 0.6) is 11.6 Å². The number of hydrogen-bond acceptors (Lipinski definition) is 3. The van der Waals surface area contributed by atoms with Crippen molar-refractivity contribution in [2.75, 3.05) is 0 Å². The van der Waals surface area contributed by atoms with Crippen molar-refractivity contribution in [3.63, 3.8) is 0 Å². The minimum atomic E-state index is -1.02. The molecule has 0 saturated heterocycles. The van der Waals surface area contributed by atoms with Crippen LogP contribution in [-0.2, 0) is 0 Å². The number of aromatic carboxylic acids is 1. The average Bonchev–Trinajstić information content (AvgIpc) is 2.49. The summed E-state index contributed by atoms with van der Waals surface area (Å²) in [6.07, 6.45) is 0. The van der Waals surface area contributed by atoms with Crippen LogP contribution >= 0.6 is 0 Å². The number of rotatable bonds is 3. The largest absolute Gasteiger partial charge is 0.478 e. The zero-order valence-corrected chi connectivity index (χ0v) is 11.4. The fourth-order valence-corrected chi connectivity index (χ4v) is 2.17. The van der Waals surface area contributed by atoms with E-state index in [2.05, 4.69) is 4.98 Å². The maximum atomic E-state index is 11.3. The Morgan fingerprint density at radius 2 is 1.86 bits per heavy atom. The summed E-state index contributed by atoms with van der Waals surface area (Å²) in [5, 5.41) is 10.2. The second-order valence-electron chi connectivity index (χ2n) is 4.70. The highest BCUT2D eigenvalue weighted by atomic mass is 16.5. The lowest BCUT2D eigenvalue weighted by Gasteiger charge is -2.11. The molecule has 1 N–H and O–H groups in total. The molecular formula is C17H13NO3. The van der Waals surface area contributed by atoms with Crippen LogP contribution < -0.4 is 4.74 Å². The van der Waals surface area contributed by atoms with E-state index >= 15 is 0 Å². The first-order chi connectivity index (χ1) is 10.1. The highest BCUT2D eigenvalue weighted by Gasteiger charge is 2.14. The number of nitrogens with zero attached hydrogens (tertiary/aromatic N) is 1. The van der Waals surface area contributed by atoms with Gasteiger partial charge in [0.15, 0.2) is 0 Å². The quantitative estimate of drug-likeness (QED) is 0.786. The number of fused-ring (bicyclic) bond motifs is 1. The first kappa shape index (κ1) is 13.1. The lowest BCUT2D eigenvalue weighted by atomic mass is 10.1. The summed E-state index contributed by atoms with van der Waals surface area (Å²) in [5.74, 6) is -0.312. The number of benzene rings is 2. The average molecular weight is 279 g/mol. The van der Waals surface area contributed by atoms with Gasteiger partial charge >= 0.3 is 5.97 Å². The second-order valence-corrected chi connectivity index (χ2v) is 4.70. The van der Waals surface area contributed by atoms with Crippen molar-refractivity contribution in [2.45, 2.75) is 6.92 Å². The second kappa shape index (κ2) is 5.25. The van der Waals surface area contributed by atoms with E-state index in [4.69, 9.17) is 4.74 Å². The van der Waals surface area contributed by atoms with Gasteiger partial charge in [0.05, 0.1) is 5.52 Å². The van der Waals surface area contributed by atoms with Crippen molar-refractivity contribution in [3.8, 4) is 11.6 Å². The molecule has 0 fully saturated rings. The molecule has 4 nitrogen and oxygen atoms in total. The number of carboxylic acids is 1. The van der Waals surface area contributed by atoms with E-state index in [0.717, 1.165) is 16.5 Å². The van der Waals surface area contributed by atoms with Gasteiger partial charge in [-0.15, -0.1) is 0 Å². The topological polar surface area (TPSA) is 59.4 Å². The molecule has 3 rings (SSSR count). The number of carboxylic acid groups (broad SMARTS) is 1. The molecule has 0 atom stereocenters. The summed E-state index contributed by atoms with van der Waals surface area (Å²) in [4.78, 5) is 15.7. The third-order valence-corrected chi connectivity index (χ3v) is 3.22. The molecule has 1 aromatic heterocycles. The Morgan fingerprint density at radius 1 is 1.05 bits per heavy atom. The SMILES string of the molecule is Cc1cccc(C(=O)O)c1Oc1ccc2ccccc2n1. The Morgan fingerprint density at radius 3 is 2.67 bits per heavy atom. The minimum Gasteiger partial charge on any atom is -0.478 e. The lowest BCUT2D eigenvalue weighted by Crippen LogP contribution is -2.02. The van der Waals surface area contributed by atoms with Gasteiger partial charge in [-0.25, -0.2) is 9.78 Å². The number of pyridine rings is 1. The van der Waals surface area contributed by atoms with E-state index < -0.39 is 5.97 Å². The van der Waals surface area contributed by atoms with Gasteiger partial charge < -0.3 is 9.84 Å². The molecule has 0 aliphatic rings. The molecule has 1 heterocycles. The zero-order valence-electron chi connectivity index (χ0n) is 11.4. The molecule has 104 valence electrons. The van der Waals surface area contributed by atoms with Crippen molar-refractivity contribution < 1.29 is 14.6 Å². The highest BCUT2D eigenvalue weighted by molar-refractivity contribution is 5.91. The molecule has 3 aromatic rings. The summed E-state index contributed by atoms with van der Waals surface area (Å²) in [5.41, 5.74) is 1.69. The van der Waals surface area contributed by atoms with E-state index in [1.165, 1.54) is 6.07 Å². The van der Waals surface area contributed by atoms with Gasteiger partial charge in [0, 0.05) is 11.5 Å². The van der Waals surface area contributed by atoms with Crippen LogP contribution in [0.1, 0.15) is 15.9 Å². The van der Waals surface area contributed by atoms with E-state index in [0.29, 0.717) is 11.6 Å². The minimum absolute atomic E-state index is 0.130. The molecule has 0 aliphatic carbocycles. The highest BCUT2D eigenvalue weighted by Crippen LogP contribution is 2.29. The third-order valence-electron chi connectivity index (χ3n) is 3.22. The molecule has 21 heavy (non-hydrogen) atoms. The van der Waals surface area contributed by atoms with Crippen LogP contribution in [0.4, 0.5) is 0 Å². The molecule has 4 heteroatoms. The Balaban J connectivity index is 2.04. The van der Waals surface area contributed by atoms with Crippen LogP contribution in [-0.4, -0.2) is 16.1 Å². The van der Waals surface area contributed by atoms with E-state index in [1.807, 2.05) is 43.3 Å². The van der Waals surface area contributed by atoms with Gasteiger partial charge in [-0.1, -0.05) is 30.3 Å². The molecule has 0 radical (unpaired) electrons. The molecule has 0 unspecified atom stereocenters. The van der Waals surface area contributed by atoms with E-state index in [1.54, 1.807) is 12.1 Å². The van der Waals surface area contributed by atoms with Gasteiger partial charge in [0.1, 0.15) is 11.3 Å². The van der Waals surface area contributed by atoms with Crippen molar-refractivity contribution in [3.05, 3.63) is 65.7 Å². The summed E-state index contributed by atoms with van der Waals surface area (Å²) in [6.45, 7) is 1.81. The molecule has 0 saturated carbocycles. The zero-order chi connectivity index (χ0) is 14.8. The first-order valence-electron chi connectivity index (χ1n) is 6.52.